The molecule has 2 aromatic carbocycles. The van der Waals surface area contributed by atoms with Gasteiger partial charge in [-0.3, -0.25) is 4.79 Å². The van der Waals surface area contributed by atoms with Crippen molar-refractivity contribution >= 4 is 23.1 Å². The predicted molar refractivity (Wildman–Crippen MR) is 104 cm³/mol. The van der Waals surface area contributed by atoms with Gasteiger partial charge in [0.05, 0.1) is 19.0 Å². The van der Waals surface area contributed by atoms with Gasteiger partial charge in [-0.2, -0.15) is 0 Å². The standard InChI is InChI=1S/C21H21N3O2/c1-3-15-7-4-5-10-19(15)23-17-11-12-20(22-14-17)24-21(25)16-8-6-9-18(13-16)26-2/h4-14,23H,3H2,1-2H3,(H,22,24,25). The molecule has 0 aliphatic rings. The molecule has 0 atom stereocenters. The maximum absolute atomic E-state index is 12.3. The Morgan fingerprint density at radius 3 is 2.65 bits per heavy atom. The van der Waals surface area contributed by atoms with Crippen molar-refractivity contribution in [3.05, 3.63) is 78.0 Å². The number of aromatic nitrogens is 1. The summed E-state index contributed by atoms with van der Waals surface area (Å²) in [6.07, 6.45) is 2.65. The first-order valence-corrected chi connectivity index (χ1v) is 8.46. The summed E-state index contributed by atoms with van der Waals surface area (Å²) < 4.78 is 5.14. The van der Waals surface area contributed by atoms with Crippen LogP contribution in [0.15, 0.2) is 66.9 Å². The van der Waals surface area contributed by atoms with Crippen LogP contribution in [-0.2, 0) is 6.42 Å². The van der Waals surface area contributed by atoms with E-state index in [1.807, 2.05) is 24.3 Å². The number of methoxy groups -OCH3 is 1. The molecule has 3 aromatic rings. The van der Waals surface area contributed by atoms with Crippen molar-refractivity contribution < 1.29 is 9.53 Å². The Balaban J connectivity index is 1.68. The highest BCUT2D eigenvalue weighted by molar-refractivity contribution is 6.04. The monoisotopic (exact) mass is 347 g/mol. The lowest BCUT2D eigenvalue weighted by atomic mass is 10.1. The van der Waals surface area contributed by atoms with E-state index in [1.54, 1.807) is 43.6 Å². The largest absolute Gasteiger partial charge is 0.497 e. The minimum atomic E-state index is -0.228. The normalized spacial score (nSPS) is 10.2. The van der Waals surface area contributed by atoms with Crippen LogP contribution in [0.3, 0.4) is 0 Å². The van der Waals surface area contributed by atoms with Crippen LogP contribution in [-0.4, -0.2) is 18.0 Å². The van der Waals surface area contributed by atoms with Crippen molar-refractivity contribution in [2.24, 2.45) is 0 Å². The van der Waals surface area contributed by atoms with E-state index in [1.165, 1.54) is 5.56 Å². The average molecular weight is 347 g/mol. The van der Waals surface area contributed by atoms with Crippen LogP contribution >= 0.6 is 0 Å². The number of nitrogens with one attached hydrogen (secondary N) is 2. The van der Waals surface area contributed by atoms with E-state index in [0.29, 0.717) is 17.1 Å². The second-order valence-electron chi connectivity index (χ2n) is 5.75. The SMILES string of the molecule is CCc1ccccc1Nc1ccc(NC(=O)c2cccc(OC)c2)nc1. The Labute approximate surface area is 153 Å². The topological polar surface area (TPSA) is 63.2 Å². The highest BCUT2D eigenvalue weighted by atomic mass is 16.5. The van der Waals surface area contributed by atoms with Crippen molar-refractivity contribution in [1.82, 2.24) is 4.98 Å². The molecule has 1 aromatic heterocycles. The zero-order chi connectivity index (χ0) is 18.4. The Kier molecular flexibility index (Phi) is 5.49. The van der Waals surface area contributed by atoms with Crippen molar-refractivity contribution in [2.75, 3.05) is 17.7 Å². The molecule has 0 bridgehead atoms. The first-order chi connectivity index (χ1) is 12.7. The van der Waals surface area contributed by atoms with Crippen molar-refractivity contribution in [3.63, 3.8) is 0 Å². The molecule has 0 unspecified atom stereocenters. The van der Waals surface area contributed by atoms with E-state index in [0.717, 1.165) is 17.8 Å². The van der Waals surface area contributed by atoms with E-state index in [4.69, 9.17) is 4.74 Å². The van der Waals surface area contributed by atoms with Crippen LogP contribution in [0.5, 0.6) is 5.75 Å². The van der Waals surface area contributed by atoms with Gasteiger partial charge in [0.2, 0.25) is 0 Å². The molecule has 0 aliphatic carbocycles. The molecule has 26 heavy (non-hydrogen) atoms. The van der Waals surface area contributed by atoms with Gasteiger partial charge < -0.3 is 15.4 Å². The van der Waals surface area contributed by atoms with E-state index >= 15 is 0 Å². The Hall–Kier alpha value is -3.34. The first kappa shape index (κ1) is 17.5. The molecule has 3 rings (SSSR count). The smallest absolute Gasteiger partial charge is 0.256 e. The minimum absolute atomic E-state index is 0.228. The number of rotatable bonds is 6. The number of amides is 1. The van der Waals surface area contributed by atoms with Gasteiger partial charge in [0, 0.05) is 11.3 Å². The summed E-state index contributed by atoms with van der Waals surface area (Å²) in [7, 11) is 1.57. The van der Waals surface area contributed by atoms with Crippen molar-refractivity contribution in [1.29, 1.82) is 0 Å². The number of aryl methyl sites for hydroxylation is 1. The second-order valence-corrected chi connectivity index (χ2v) is 5.75. The fraction of sp³-hybridized carbons (Fsp3) is 0.143. The van der Waals surface area contributed by atoms with Crippen LogP contribution in [0.25, 0.3) is 0 Å². The first-order valence-electron chi connectivity index (χ1n) is 8.46. The summed E-state index contributed by atoms with van der Waals surface area (Å²) in [6, 6.07) is 18.8. The maximum atomic E-state index is 12.3. The van der Waals surface area contributed by atoms with Gasteiger partial charge in [-0.15, -0.1) is 0 Å². The molecule has 0 saturated heterocycles. The van der Waals surface area contributed by atoms with Crippen molar-refractivity contribution in [2.45, 2.75) is 13.3 Å². The number of carbonyl (C=O) groups is 1. The lowest BCUT2D eigenvalue weighted by molar-refractivity contribution is 0.102. The fourth-order valence-corrected chi connectivity index (χ4v) is 2.60. The van der Waals surface area contributed by atoms with Crippen LogP contribution in [0, 0.1) is 0 Å². The number of ether oxygens (including phenoxy) is 1. The summed E-state index contributed by atoms with van der Waals surface area (Å²) >= 11 is 0. The summed E-state index contributed by atoms with van der Waals surface area (Å²) in [6.45, 7) is 2.12. The van der Waals surface area contributed by atoms with E-state index < -0.39 is 0 Å². The van der Waals surface area contributed by atoms with Crippen molar-refractivity contribution in [3.8, 4) is 5.75 Å². The lowest BCUT2D eigenvalue weighted by Gasteiger charge is -2.11. The molecular weight excluding hydrogens is 326 g/mol. The third-order valence-corrected chi connectivity index (χ3v) is 4.01. The highest BCUT2D eigenvalue weighted by Gasteiger charge is 2.08. The quantitative estimate of drug-likeness (QED) is 0.681. The number of carbonyl (C=O) groups excluding carboxylic acids is 1. The molecule has 5 nitrogen and oxygen atoms in total. The van der Waals surface area contributed by atoms with Crippen LogP contribution < -0.4 is 15.4 Å². The highest BCUT2D eigenvalue weighted by Crippen LogP contribution is 2.21. The molecule has 2 N–H and O–H groups in total. The maximum Gasteiger partial charge on any atom is 0.256 e. The molecule has 132 valence electrons. The minimum Gasteiger partial charge on any atom is -0.497 e. The number of para-hydroxylation sites is 1. The molecule has 0 spiro atoms. The van der Waals surface area contributed by atoms with Gasteiger partial charge in [-0.1, -0.05) is 31.2 Å². The number of benzene rings is 2. The predicted octanol–water partition coefficient (Wildman–Crippen LogP) is 4.65. The Bertz CT molecular complexity index is 892. The Morgan fingerprint density at radius 2 is 1.92 bits per heavy atom. The average Bonchev–Trinajstić information content (AvgIpc) is 2.70. The van der Waals surface area contributed by atoms with Crippen LogP contribution in [0.4, 0.5) is 17.2 Å². The van der Waals surface area contributed by atoms with Gasteiger partial charge in [0.15, 0.2) is 0 Å². The van der Waals surface area contributed by atoms with E-state index in [-0.39, 0.29) is 5.91 Å². The summed E-state index contributed by atoms with van der Waals surface area (Å²) in [5.74, 6) is 0.903. The number of nitrogens with zero attached hydrogens (tertiary/aromatic N) is 1. The number of hydrogen-bond acceptors (Lipinski definition) is 4. The molecule has 0 saturated carbocycles. The van der Waals surface area contributed by atoms with E-state index in [2.05, 4.69) is 28.6 Å². The van der Waals surface area contributed by atoms with Gasteiger partial charge in [-0.25, -0.2) is 4.98 Å². The second kappa shape index (κ2) is 8.16. The third-order valence-electron chi connectivity index (χ3n) is 4.01. The summed E-state index contributed by atoms with van der Waals surface area (Å²) in [4.78, 5) is 16.6. The van der Waals surface area contributed by atoms with Gasteiger partial charge >= 0.3 is 0 Å². The van der Waals surface area contributed by atoms with Crippen LogP contribution in [0.2, 0.25) is 0 Å². The molecule has 1 heterocycles. The fourth-order valence-electron chi connectivity index (χ4n) is 2.60. The molecule has 0 aliphatic heterocycles. The molecule has 1 amide bonds. The van der Waals surface area contributed by atoms with Gasteiger partial charge in [0.25, 0.3) is 5.91 Å². The zero-order valence-corrected chi connectivity index (χ0v) is 14.8. The number of anilines is 3. The molecule has 0 fully saturated rings. The lowest BCUT2D eigenvalue weighted by Crippen LogP contribution is -2.13. The van der Waals surface area contributed by atoms with E-state index in [9.17, 15) is 4.79 Å². The molecular formula is C21H21N3O2. The molecule has 5 heteroatoms. The number of hydrogen-bond donors (Lipinski definition) is 2. The van der Waals surface area contributed by atoms with Gasteiger partial charge in [-0.05, 0) is 48.4 Å². The zero-order valence-electron chi connectivity index (χ0n) is 14.8. The third kappa shape index (κ3) is 4.19. The number of pyridine rings is 1. The summed E-state index contributed by atoms with van der Waals surface area (Å²) in [5.41, 5.74) is 3.68. The van der Waals surface area contributed by atoms with Crippen LogP contribution in [0.1, 0.15) is 22.8 Å². The van der Waals surface area contributed by atoms with Gasteiger partial charge in [0.1, 0.15) is 11.6 Å². The molecule has 0 radical (unpaired) electrons. The Morgan fingerprint density at radius 1 is 1.08 bits per heavy atom. The summed E-state index contributed by atoms with van der Waals surface area (Å²) in [5, 5.41) is 6.15.